The third kappa shape index (κ3) is 8.13. The number of rotatable bonds is 11. The molecular weight excluding hydrogens is 387 g/mol. The van der Waals surface area contributed by atoms with Gasteiger partial charge in [0.05, 0.1) is 4.90 Å². The molecule has 0 amide bonds. The van der Waals surface area contributed by atoms with Crippen LogP contribution in [0.4, 0.5) is 0 Å². The van der Waals surface area contributed by atoms with Gasteiger partial charge in [-0.05, 0) is 30.5 Å². The minimum absolute atomic E-state index is 0. The van der Waals surface area contributed by atoms with Gasteiger partial charge in [-0.15, -0.1) is 0 Å². The van der Waals surface area contributed by atoms with Crippen LogP contribution in [0.3, 0.4) is 0 Å². The summed E-state index contributed by atoms with van der Waals surface area (Å²) in [6, 6.07) is 11.1. The van der Waals surface area contributed by atoms with Crippen LogP contribution >= 0.6 is 0 Å². The van der Waals surface area contributed by atoms with Gasteiger partial charge in [-0.3, -0.25) is 4.55 Å². The number of hydrogen-bond acceptors (Lipinski definition) is 4. The Labute approximate surface area is 190 Å². The van der Waals surface area contributed by atoms with E-state index in [1.54, 1.807) is 0 Å². The monoisotopic (exact) mass is 414 g/mol. The summed E-state index contributed by atoms with van der Waals surface area (Å²) < 4.78 is 37.5. The van der Waals surface area contributed by atoms with Crippen molar-refractivity contribution in [1.29, 1.82) is 0 Å². The first-order valence-electron chi connectivity index (χ1n) is 9.46. The zero-order valence-electron chi connectivity index (χ0n) is 16.7. The molecule has 7 heteroatoms. The second-order valence-electron chi connectivity index (χ2n) is 6.66. The predicted molar refractivity (Wildman–Crippen MR) is 104 cm³/mol. The van der Waals surface area contributed by atoms with Gasteiger partial charge in [0.2, 0.25) is 0 Å². The molecule has 0 aliphatic heterocycles. The summed E-state index contributed by atoms with van der Waals surface area (Å²) in [6.07, 6.45) is 9.42. The maximum atomic E-state index is 11.6. The van der Waals surface area contributed by atoms with Crippen LogP contribution in [0.2, 0.25) is 0 Å². The van der Waals surface area contributed by atoms with Gasteiger partial charge < -0.3 is 9.84 Å². The third-order valence-electron chi connectivity index (χ3n) is 4.44. The summed E-state index contributed by atoms with van der Waals surface area (Å²) in [6.45, 7) is 2.21. The molecule has 28 heavy (non-hydrogen) atoms. The molecule has 0 unspecified atom stereocenters. The molecular formula is C21H27NaO5S. The minimum Gasteiger partial charge on any atom is -0.872 e. The molecule has 0 aliphatic carbocycles. The summed E-state index contributed by atoms with van der Waals surface area (Å²) in [5.74, 6) is 0.0684. The van der Waals surface area contributed by atoms with Crippen molar-refractivity contribution in [1.82, 2.24) is 0 Å². The standard InChI is InChI=1S/C21H28O5S.Na/c1-2-3-4-5-6-7-8-11-17-12-9-10-13-20(17)26-18-14-15-19(22)21(16-18)27(23,24)25;/h9-10,12-16,22H,2-8,11H2,1H3,(H,23,24,25);/q;+1/p-1. The molecule has 0 bridgehead atoms. The van der Waals surface area contributed by atoms with E-state index in [4.69, 9.17) is 9.29 Å². The minimum atomic E-state index is -4.58. The van der Waals surface area contributed by atoms with Gasteiger partial charge >= 0.3 is 29.6 Å². The second-order valence-corrected chi connectivity index (χ2v) is 8.05. The molecule has 0 saturated carbocycles. The van der Waals surface area contributed by atoms with E-state index in [1.165, 1.54) is 38.2 Å². The summed E-state index contributed by atoms with van der Waals surface area (Å²) >= 11 is 0. The SMILES string of the molecule is CCCCCCCCCc1ccccc1Oc1ccc([O-])c(S(=O)(=O)O)c1.[Na+]. The number of aryl methyl sites for hydroxylation is 1. The predicted octanol–water partition coefficient (Wildman–Crippen LogP) is 2.10. The first-order valence-corrected chi connectivity index (χ1v) is 10.9. The molecule has 1 N–H and O–H groups in total. The molecule has 148 valence electrons. The number of benzene rings is 2. The van der Waals surface area contributed by atoms with Gasteiger partial charge in [0.15, 0.2) is 0 Å². The Morgan fingerprint density at radius 3 is 2.29 bits per heavy atom. The molecule has 0 radical (unpaired) electrons. The van der Waals surface area contributed by atoms with Crippen molar-refractivity contribution in [2.45, 2.75) is 63.2 Å². The molecule has 0 heterocycles. The maximum Gasteiger partial charge on any atom is 1.00 e. The van der Waals surface area contributed by atoms with Crippen molar-refractivity contribution in [3.05, 3.63) is 48.0 Å². The topological polar surface area (TPSA) is 86.7 Å². The van der Waals surface area contributed by atoms with Gasteiger partial charge in [0, 0.05) is 6.07 Å². The summed E-state index contributed by atoms with van der Waals surface area (Å²) in [5.41, 5.74) is 1.03. The second kappa shape index (κ2) is 12.5. The Morgan fingerprint density at radius 1 is 0.964 bits per heavy atom. The van der Waals surface area contributed by atoms with Gasteiger partial charge in [0.1, 0.15) is 11.5 Å². The molecule has 0 saturated heterocycles. The Bertz CT molecular complexity index is 836. The van der Waals surface area contributed by atoms with E-state index in [0.29, 0.717) is 5.75 Å². The molecule has 2 aromatic carbocycles. The molecule has 2 aromatic rings. The van der Waals surface area contributed by atoms with Gasteiger partial charge in [-0.25, -0.2) is 0 Å². The van der Waals surface area contributed by atoms with E-state index < -0.39 is 20.8 Å². The fourth-order valence-corrected chi connectivity index (χ4v) is 3.55. The molecule has 5 nitrogen and oxygen atoms in total. The molecule has 0 spiro atoms. The van der Waals surface area contributed by atoms with Crippen LogP contribution in [-0.4, -0.2) is 13.0 Å². The fraction of sp³-hybridized carbons (Fsp3) is 0.429. The van der Waals surface area contributed by atoms with Crippen LogP contribution in [0, 0.1) is 0 Å². The van der Waals surface area contributed by atoms with E-state index >= 15 is 0 Å². The molecule has 0 aliphatic rings. The molecule has 2 rings (SSSR count). The maximum absolute atomic E-state index is 11.6. The molecule has 0 aromatic heterocycles. The van der Waals surface area contributed by atoms with Crippen molar-refractivity contribution >= 4 is 10.1 Å². The Balaban J connectivity index is 0.00000392. The number of ether oxygens (including phenoxy) is 1. The third-order valence-corrected chi connectivity index (χ3v) is 5.32. The zero-order chi connectivity index (χ0) is 19.7. The van der Waals surface area contributed by atoms with Crippen molar-refractivity contribution in [3.63, 3.8) is 0 Å². The van der Waals surface area contributed by atoms with E-state index in [9.17, 15) is 13.5 Å². The molecule has 0 fully saturated rings. The van der Waals surface area contributed by atoms with E-state index in [-0.39, 0.29) is 35.3 Å². The largest absolute Gasteiger partial charge is 1.00 e. The van der Waals surface area contributed by atoms with E-state index in [1.807, 2.05) is 24.3 Å². The first-order chi connectivity index (χ1) is 12.9. The van der Waals surface area contributed by atoms with Crippen LogP contribution in [0.15, 0.2) is 47.4 Å². The van der Waals surface area contributed by atoms with Crippen LogP contribution in [0.1, 0.15) is 57.4 Å². The quantitative estimate of drug-likeness (QED) is 0.346. The number of hydrogen-bond donors (Lipinski definition) is 1. The molecule has 0 atom stereocenters. The van der Waals surface area contributed by atoms with Gasteiger partial charge in [0.25, 0.3) is 10.1 Å². The zero-order valence-corrected chi connectivity index (χ0v) is 19.5. The smallest absolute Gasteiger partial charge is 0.872 e. The van der Waals surface area contributed by atoms with Crippen LogP contribution < -0.4 is 39.4 Å². The number of unbranched alkanes of at least 4 members (excludes halogenated alkanes) is 6. The summed E-state index contributed by atoms with van der Waals surface area (Å²) in [5, 5.41) is 11.6. The Hall–Kier alpha value is -1.05. The van der Waals surface area contributed by atoms with Crippen molar-refractivity contribution in [2.75, 3.05) is 0 Å². The van der Waals surface area contributed by atoms with Crippen molar-refractivity contribution in [3.8, 4) is 17.2 Å². The summed E-state index contributed by atoms with van der Waals surface area (Å²) in [4.78, 5) is -0.676. The van der Waals surface area contributed by atoms with Gasteiger partial charge in [-0.2, -0.15) is 8.42 Å². The fourth-order valence-electron chi connectivity index (χ4n) is 2.96. The first kappa shape index (κ1) is 25.0. The van der Waals surface area contributed by atoms with E-state index in [0.717, 1.165) is 37.0 Å². The average molecular weight is 414 g/mol. The average Bonchev–Trinajstić information content (AvgIpc) is 2.63. The van der Waals surface area contributed by atoms with Crippen molar-refractivity contribution in [2.24, 2.45) is 0 Å². The van der Waals surface area contributed by atoms with Crippen LogP contribution in [0.25, 0.3) is 0 Å². The summed E-state index contributed by atoms with van der Waals surface area (Å²) in [7, 11) is -4.58. The van der Waals surface area contributed by atoms with Crippen LogP contribution in [0.5, 0.6) is 17.2 Å². The van der Waals surface area contributed by atoms with E-state index in [2.05, 4.69) is 6.92 Å². The number of para-hydroxylation sites is 1. The van der Waals surface area contributed by atoms with Crippen molar-refractivity contribution < 1.29 is 52.4 Å². The van der Waals surface area contributed by atoms with Crippen LogP contribution in [-0.2, 0) is 16.5 Å². The Kier molecular flexibility index (Phi) is 11.2. The normalized spacial score (nSPS) is 11.1. The van der Waals surface area contributed by atoms with Gasteiger partial charge in [-0.1, -0.05) is 75.5 Å². The Morgan fingerprint density at radius 2 is 1.61 bits per heavy atom.